The van der Waals surface area contributed by atoms with Gasteiger partial charge in [-0.2, -0.15) is 0 Å². The summed E-state index contributed by atoms with van der Waals surface area (Å²) in [6.45, 7) is 3.44. The number of carbonyl (C=O) groups excluding carboxylic acids is 2. The molecule has 0 aliphatic heterocycles. The van der Waals surface area contributed by atoms with Crippen molar-refractivity contribution in [3.05, 3.63) is 32.6 Å². The minimum Gasteiger partial charge on any atom is -0.492 e. The molecule has 0 heterocycles. The highest BCUT2D eigenvalue weighted by molar-refractivity contribution is 6.23. The zero-order chi connectivity index (χ0) is 18.1. The van der Waals surface area contributed by atoms with E-state index in [1.807, 2.05) is 0 Å². The first kappa shape index (κ1) is 19.9. The molecule has 1 rings (SSSR count). The van der Waals surface area contributed by atoms with Crippen LogP contribution in [0.3, 0.4) is 0 Å². The molecule has 7 nitrogen and oxygen atoms in total. The summed E-state index contributed by atoms with van der Waals surface area (Å²) < 4.78 is 5.03. The molecule has 0 bridgehead atoms. The lowest BCUT2D eigenvalue weighted by molar-refractivity contribution is -0.757. The number of hydrogen-bond donors (Lipinski definition) is 0. The molecule has 0 radical (unpaired) electrons. The fourth-order valence-electron chi connectivity index (χ4n) is 2.77. The summed E-state index contributed by atoms with van der Waals surface area (Å²) in [5, 5.41) is 9.21. The van der Waals surface area contributed by atoms with E-state index in [-0.39, 0.29) is 23.9 Å². The van der Waals surface area contributed by atoms with Crippen LogP contribution in [0.1, 0.15) is 58.8 Å². The second-order valence-electron chi connectivity index (χ2n) is 5.85. The van der Waals surface area contributed by atoms with Crippen LogP contribution in [0.2, 0.25) is 0 Å². The number of methoxy groups -OCH3 is 1. The van der Waals surface area contributed by atoms with Crippen molar-refractivity contribution >= 4 is 11.6 Å². The van der Waals surface area contributed by atoms with Gasteiger partial charge in [0, 0.05) is 16.7 Å². The molecule has 0 atom stereocenters. The molecule has 0 saturated heterocycles. The number of hydrogen-bond acceptors (Lipinski definition) is 6. The van der Waals surface area contributed by atoms with Crippen molar-refractivity contribution in [1.29, 1.82) is 0 Å². The monoisotopic (exact) mass is 339 g/mol. The largest absolute Gasteiger partial charge is 0.492 e. The molecule has 0 fully saturated rings. The quantitative estimate of drug-likeness (QED) is 0.248. The molecule has 0 aromatic rings. The fourth-order valence-corrected chi connectivity index (χ4v) is 2.77. The average molecular weight is 339 g/mol. The van der Waals surface area contributed by atoms with Crippen molar-refractivity contribution in [3.8, 4) is 0 Å². The third-order valence-electron chi connectivity index (χ3n) is 4.18. The van der Waals surface area contributed by atoms with Gasteiger partial charge in [0.1, 0.15) is 0 Å². The van der Waals surface area contributed by atoms with Crippen molar-refractivity contribution in [1.82, 2.24) is 0 Å². The Morgan fingerprint density at radius 3 is 2.08 bits per heavy atom. The predicted octanol–water partition coefficient (Wildman–Crippen LogP) is 3.31. The molecule has 1 aliphatic carbocycles. The molecule has 0 spiro atoms. The summed E-state index contributed by atoms with van der Waals surface area (Å²) in [6, 6.07) is 0. The van der Waals surface area contributed by atoms with E-state index in [4.69, 9.17) is 4.74 Å². The standard InChI is InChI=1S/C17H25NO6/c1-12-14(15(19)13(2)17(23-3)16(12)20)10-8-6-4-5-7-9-11-24-18(21)22/h4-11H2,1-3H3. The smallest absolute Gasteiger partial charge is 0.294 e. The lowest BCUT2D eigenvalue weighted by atomic mass is 9.86. The summed E-state index contributed by atoms with van der Waals surface area (Å²) in [7, 11) is 1.40. The topological polar surface area (TPSA) is 95.7 Å². The van der Waals surface area contributed by atoms with Gasteiger partial charge in [-0.05, 0) is 33.1 Å². The highest BCUT2D eigenvalue weighted by Crippen LogP contribution is 2.28. The molecule has 0 saturated carbocycles. The van der Waals surface area contributed by atoms with Gasteiger partial charge in [0.2, 0.25) is 5.78 Å². The van der Waals surface area contributed by atoms with Gasteiger partial charge in [0.05, 0.1) is 13.7 Å². The maximum absolute atomic E-state index is 12.3. The second kappa shape index (κ2) is 9.85. The zero-order valence-electron chi connectivity index (χ0n) is 14.6. The first-order valence-electron chi connectivity index (χ1n) is 8.21. The Labute approximate surface area is 141 Å². The van der Waals surface area contributed by atoms with Crippen molar-refractivity contribution < 1.29 is 24.3 Å². The molecule has 0 aromatic heterocycles. The Bertz CT molecular complexity index is 561. The van der Waals surface area contributed by atoms with Crippen LogP contribution in [0, 0.1) is 10.1 Å². The van der Waals surface area contributed by atoms with Crippen LogP contribution in [-0.2, 0) is 19.2 Å². The SMILES string of the molecule is COC1=C(C)C(=O)C(CCCCCCCCO[N+](=O)[O-])=C(C)C1=O. The summed E-state index contributed by atoms with van der Waals surface area (Å²) in [6.07, 6.45) is 5.90. The number of rotatable bonds is 11. The van der Waals surface area contributed by atoms with Crippen molar-refractivity contribution in [2.45, 2.75) is 58.8 Å². The number of allylic oxidation sites excluding steroid dienone is 3. The van der Waals surface area contributed by atoms with E-state index in [1.54, 1.807) is 13.8 Å². The van der Waals surface area contributed by atoms with Gasteiger partial charge in [0.25, 0.3) is 5.09 Å². The van der Waals surface area contributed by atoms with E-state index >= 15 is 0 Å². The van der Waals surface area contributed by atoms with Crippen LogP contribution in [0.15, 0.2) is 22.5 Å². The molecule has 134 valence electrons. The molecule has 0 N–H and O–H groups in total. The van der Waals surface area contributed by atoms with Crippen LogP contribution in [-0.4, -0.2) is 30.4 Å². The Morgan fingerprint density at radius 1 is 0.917 bits per heavy atom. The van der Waals surface area contributed by atoms with Gasteiger partial charge in [-0.15, -0.1) is 10.1 Å². The van der Waals surface area contributed by atoms with E-state index in [2.05, 4.69) is 4.84 Å². The van der Waals surface area contributed by atoms with E-state index in [9.17, 15) is 19.7 Å². The van der Waals surface area contributed by atoms with Crippen molar-refractivity contribution in [3.63, 3.8) is 0 Å². The molecular formula is C17H25NO6. The van der Waals surface area contributed by atoms with E-state index in [1.165, 1.54) is 7.11 Å². The number of Topliss-reactive ketones (excluding diaryl/α,β-unsaturated/α-hetero) is 2. The van der Waals surface area contributed by atoms with Crippen molar-refractivity contribution in [2.24, 2.45) is 0 Å². The lowest BCUT2D eigenvalue weighted by Crippen LogP contribution is -2.22. The average Bonchev–Trinajstić information content (AvgIpc) is 2.54. The summed E-state index contributed by atoms with van der Waals surface area (Å²) in [4.78, 5) is 38.7. The Hall–Kier alpha value is -2.18. The molecule has 0 unspecified atom stereocenters. The van der Waals surface area contributed by atoms with Gasteiger partial charge >= 0.3 is 0 Å². The molecule has 0 amide bonds. The predicted molar refractivity (Wildman–Crippen MR) is 87.7 cm³/mol. The van der Waals surface area contributed by atoms with E-state index in [0.29, 0.717) is 29.6 Å². The second-order valence-corrected chi connectivity index (χ2v) is 5.85. The zero-order valence-corrected chi connectivity index (χ0v) is 14.6. The minimum absolute atomic E-state index is 0.0964. The fraction of sp³-hybridized carbons (Fsp3) is 0.647. The highest BCUT2D eigenvalue weighted by atomic mass is 16.9. The van der Waals surface area contributed by atoms with Crippen molar-refractivity contribution in [2.75, 3.05) is 13.7 Å². The van der Waals surface area contributed by atoms with Gasteiger partial charge < -0.3 is 9.57 Å². The van der Waals surface area contributed by atoms with Gasteiger partial charge in [-0.3, -0.25) is 9.59 Å². The number of ketones is 2. The van der Waals surface area contributed by atoms with Crippen LogP contribution >= 0.6 is 0 Å². The van der Waals surface area contributed by atoms with Crippen LogP contribution in [0.25, 0.3) is 0 Å². The maximum atomic E-state index is 12.3. The van der Waals surface area contributed by atoms with Crippen LogP contribution in [0.4, 0.5) is 0 Å². The Kier molecular flexibility index (Phi) is 8.15. The number of ether oxygens (including phenoxy) is 1. The number of unbranched alkanes of at least 4 members (excludes halogenated alkanes) is 5. The number of carbonyl (C=O) groups is 2. The number of nitrogens with zero attached hydrogens (tertiary/aromatic N) is 1. The highest BCUT2D eigenvalue weighted by Gasteiger charge is 2.30. The lowest BCUT2D eigenvalue weighted by Gasteiger charge is -2.19. The molecule has 7 heteroatoms. The minimum atomic E-state index is -0.774. The Balaban J connectivity index is 2.30. The van der Waals surface area contributed by atoms with E-state index in [0.717, 1.165) is 32.1 Å². The van der Waals surface area contributed by atoms with Crippen LogP contribution < -0.4 is 0 Å². The molecular weight excluding hydrogens is 314 g/mol. The van der Waals surface area contributed by atoms with Gasteiger partial charge in [-0.25, -0.2) is 0 Å². The normalized spacial score (nSPS) is 15.1. The van der Waals surface area contributed by atoms with E-state index < -0.39 is 5.09 Å². The molecule has 24 heavy (non-hydrogen) atoms. The maximum Gasteiger partial charge on any atom is 0.294 e. The third kappa shape index (κ3) is 5.47. The van der Waals surface area contributed by atoms with Gasteiger partial charge in [0.15, 0.2) is 11.5 Å². The summed E-state index contributed by atoms with van der Waals surface area (Å²) in [5.74, 6) is -0.144. The van der Waals surface area contributed by atoms with Crippen LogP contribution in [0.5, 0.6) is 0 Å². The molecule has 1 aliphatic rings. The Morgan fingerprint density at radius 2 is 1.50 bits per heavy atom. The van der Waals surface area contributed by atoms with Gasteiger partial charge in [-0.1, -0.05) is 25.7 Å². The summed E-state index contributed by atoms with van der Waals surface area (Å²) in [5.41, 5.74) is 1.46. The first-order chi connectivity index (χ1) is 11.4. The molecule has 0 aromatic carbocycles. The first-order valence-corrected chi connectivity index (χ1v) is 8.21. The third-order valence-corrected chi connectivity index (χ3v) is 4.18. The summed E-state index contributed by atoms with van der Waals surface area (Å²) >= 11 is 0.